The topological polar surface area (TPSA) is 56.1 Å². The number of alkyl carbamates (subject to hydrolysis) is 1. The smallest absolute Gasteiger partial charge is 0.407 e. The molecule has 1 unspecified atom stereocenters. The number of carbonyl (C=O) groups is 1. The Morgan fingerprint density at radius 1 is 1.30 bits per heavy atom. The maximum absolute atomic E-state index is 11.9. The maximum Gasteiger partial charge on any atom is 0.407 e. The van der Waals surface area contributed by atoms with Crippen molar-refractivity contribution >= 4 is 6.09 Å². The minimum Gasteiger partial charge on any atom is -0.450 e. The van der Waals surface area contributed by atoms with Crippen molar-refractivity contribution in [3.63, 3.8) is 0 Å². The lowest BCUT2D eigenvalue weighted by atomic mass is 9.86. The molecule has 0 radical (unpaired) electrons. The molecule has 124 valence electrons. The largest absolute Gasteiger partial charge is 0.450 e. The lowest BCUT2D eigenvalue weighted by Gasteiger charge is -2.22. The fraction of sp³-hybridized carbons (Fsp3) is 0.444. The lowest BCUT2D eigenvalue weighted by molar-refractivity contribution is 0.149. The molecule has 2 aromatic rings. The monoisotopic (exact) mass is 315 g/mol. The van der Waals surface area contributed by atoms with E-state index in [2.05, 4.69) is 43.2 Å². The Kier molecular flexibility index (Phi) is 5.08. The molecule has 0 bridgehead atoms. The molecule has 0 aliphatic carbocycles. The molecule has 1 N–H and O–H groups in total. The number of aromatic nitrogens is 2. The highest BCUT2D eigenvalue weighted by molar-refractivity contribution is 5.68. The average molecular weight is 315 g/mol. The number of aryl methyl sites for hydroxylation is 1. The quantitative estimate of drug-likeness (QED) is 0.938. The van der Waals surface area contributed by atoms with Crippen LogP contribution in [0.1, 0.15) is 50.7 Å². The number of imidazole rings is 1. The zero-order valence-corrected chi connectivity index (χ0v) is 14.5. The first-order valence-electron chi connectivity index (χ1n) is 7.84. The SMILES string of the molecule is CCOC(=O)NC(c1ccc(C(C)(C)C)cc1)c1nccn1C. The van der Waals surface area contributed by atoms with Crippen LogP contribution in [0.15, 0.2) is 36.7 Å². The van der Waals surface area contributed by atoms with E-state index in [1.165, 1.54) is 5.56 Å². The highest BCUT2D eigenvalue weighted by Gasteiger charge is 2.22. The molecule has 23 heavy (non-hydrogen) atoms. The normalized spacial score (nSPS) is 12.7. The maximum atomic E-state index is 11.9. The first-order valence-corrected chi connectivity index (χ1v) is 7.84. The van der Waals surface area contributed by atoms with Crippen LogP contribution in [-0.4, -0.2) is 22.3 Å². The Hall–Kier alpha value is -2.30. The summed E-state index contributed by atoms with van der Waals surface area (Å²) < 4.78 is 6.92. The number of benzene rings is 1. The number of nitrogens with zero attached hydrogens (tertiary/aromatic N) is 2. The predicted octanol–water partition coefficient (Wildman–Crippen LogP) is 3.55. The van der Waals surface area contributed by atoms with Gasteiger partial charge >= 0.3 is 6.09 Å². The zero-order valence-electron chi connectivity index (χ0n) is 14.5. The van der Waals surface area contributed by atoms with Gasteiger partial charge in [-0.15, -0.1) is 0 Å². The highest BCUT2D eigenvalue weighted by Crippen LogP contribution is 2.26. The molecule has 1 heterocycles. The number of hydrogen-bond donors (Lipinski definition) is 1. The summed E-state index contributed by atoms with van der Waals surface area (Å²) in [7, 11) is 1.91. The first kappa shape index (κ1) is 17.1. The summed E-state index contributed by atoms with van der Waals surface area (Å²) in [5, 5.41) is 2.89. The van der Waals surface area contributed by atoms with Crippen LogP contribution < -0.4 is 5.32 Å². The van der Waals surface area contributed by atoms with E-state index < -0.39 is 6.09 Å². The lowest BCUT2D eigenvalue weighted by Crippen LogP contribution is -2.31. The van der Waals surface area contributed by atoms with E-state index in [1.54, 1.807) is 13.1 Å². The van der Waals surface area contributed by atoms with Gasteiger partial charge in [-0.1, -0.05) is 45.0 Å². The van der Waals surface area contributed by atoms with Crippen LogP contribution in [0.25, 0.3) is 0 Å². The van der Waals surface area contributed by atoms with Crippen molar-refractivity contribution < 1.29 is 9.53 Å². The minimum absolute atomic E-state index is 0.0891. The Morgan fingerprint density at radius 2 is 1.96 bits per heavy atom. The molecule has 5 nitrogen and oxygen atoms in total. The summed E-state index contributed by atoms with van der Waals surface area (Å²) in [5.41, 5.74) is 2.31. The van der Waals surface area contributed by atoms with Gasteiger partial charge in [0.1, 0.15) is 11.9 Å². The third-order valence-electron chi connectivity index (χ3n) is 3.76. The standard InChI is InChI=1S/C18H25N3O2/c1-6-23-17(22)20-15(16-19-11-12-21(16)5)13-7-9-14(10-8-13)18(2,3)4/h7-12,15H,6H2,1-5H3,(H,20,22). The predicted molar refractivity (Wildman–Crippen MR) is 90.4 cm³/mol. The van der Waals surface area contributed by atoms with Crippen molar-refractivity contribution in [1.82, 2.24) is 14.9 Å². The van der Waals surface area contributed by atoms with Crippen LogP contribution in [0, 0.1) is 0 Å². The van der Waals surface area contributed by atoms with E-state index in [0.717, 1.165) is 11.4 Å². The van der Waals surface area contributed by atoms with Crippen molar-refractivity contribution in [3.05, 3.63) is 53.6 Å². The summed E-state index contributed by atoms with van der Waals surface area (Å²) in [6.45, 7) is 8.65. The van der Waals surface area contributed by atoms with Gasteiger partial charge in [0.15, 0.2) is 0 Å². The van der Waals surface area contributed by atoms with E-state index in [9.17, 15) is 4.79 Å². The van der Waals surface area contributed by atoms with Crippen molar-refractivity contribution in [2.45, 2.75) is 39.2 Å². The van der Waals surface area contributed by atoms with Crippen LogP contribution in [0.2, 0.25) is 0 Å². The van der Waals surface area contributed by atoms with Gasteiger partial charge in [-0.2, -0.15) is 0 Å². The molecule has 0 aliphatic rings. The van der Waals surface area contributed by atoms with Gasteiger partial charge in [0.2, 0.25) is 0 Å². The second-order valence-electron chi connectivity index (χ2n) is 6.57. The fourth-order valence-electron chi connectivity index (χ4n) is 2.42. The van der Waals surface area contributed by atoms with Gasteiger partial charge < -0.3 is 14.6 Å². The van der Waals surface area contributed by atoms with Gasteiger partial charge in [0, 0.05) is 19.4 Å². The second kappa shape index (κ2) is 6.86. The molecule has 0 fully saturated rings. The summed E-state index contributed by atoms with van der Waals surface area (Å²) in [5.74, 6) is 0.765. The molecular formula is C18H25N3O2. The molecule has 1 atom stereocenters. The van der Waals surface area contributed by atoms with E-state index in [1.807, 2.05) is 29.9 Å². The molecule has 1 aromatic heterocycles. The van der Waals surface area contributed by atoms with Crippen LogP contribution >= 0.6 is 0 Å². The van der Waals surface area contributed by atoms with Crippen molar-refractivity contribution in [2.24, 2.45) is 7.05 Å². The average Bonchev–Trinajstić information content (AvgIpc) is 2.90. The first-order chi connectivity index (χ1) is 10.8. The van der Waals surface area contributed by atoms with E-state index in [4.69, 9.17) is 4.74 Å². The number of carbonyl (C=O) groups excluding carboxylic acids is 1. The van der Waals surface area contributed by atoms with Crippen LogP contribution in [-0.2, 0) is 17.2 Å². The molecule has 0 saturated heterocycles. The Balaban J connectivity index is 2.34. The van der Waals surface area contributed by atoms with Gasteiger partial charge in [-0.05, 0) is 23.5 Å². The number of amides is 1. The number of rotatable bonds is 4. The minimum atomic E-state index is -0.444. The van der Waals surface area contributed by atoms with Crippen molar-refractivity contribution in [3.8, 4) is 0 Å². The molecule has 0 saturated carbocycles. The Labute approximate surface area is 137 Å². The molecule has 1 amide bonds. The second-order valence-corrected chi connectivity index (χ2v) is 6.57. The zero-order chi connectivity index (χ0) is 17.0. The molecular weight excluding hydrogens is 290 g/mol. The van der Waals surface area contributed by atoms with Gasteiger partial charge in [-0.3, -0.25) is 0 Å². The molecule has 0 spiro atoms. The van der Waals surface area contributed by atoms with Gasteiger partial charge in [0.05, 0.1) is 6.61 Å². The Morgan fingerprint density at radius 3 is 2.43 bits per heavy atom. The van der Waals surface area contributed by atoms with E-state index in [-0.39, 0.29) is 11.5 Å². The highest BCUT2D eigenvalue weighted by atomic mass is 16.5. The molecule has 1 aromatic carbocycles. The summed E-state index contributed by atoms with van der Waals surface area (Å²) in [6, 6.07) is 7.91. The van der Waals surface area contributed by atoms with Crippen LogP contribution in [0.5, 0.6) is 0 Å². The van der Waals surface area contributed by atoms with Gasteiger partial charge in [-0.25, -0.2) is 9.78 Å². The van der Waals surface area contributed by atoms with E-state index >= 15 is 0 Å². The molecule has 5 heteroatoms. The fourth-order valence-corrected chi connectivity index (χ4v) is 2.42. The van der Waals surface area contributed by atoms with Crippen molar-refractivity contribution in [2.75, 3.05) is 6.61 Å². The number of ether oxygens (including phenoxy) is 1. The third kappa shape index (κ3) is 4.12. The van der Waals surface area contributed by atoms with Crippen molar-refractivity contribution in [1.29, 1.82) is 0 Å². The summed E-state index contributed by atoms with van der Waals surface area (Å²) in [4.78, 5) is 16.3. The van der Waals surface area contributed by atoms with Gasteiger partial charge in [0.25, 0.3) is 0 Å². The van der Waals surface area contributed by atoms with Crippen LogP contribution in [0.3, 0.4) is 0 Å². The molecule has 0 aliphatic heterocycles. The summed E-state index contributed by atoms with van der Waals surface area (Å²) >= 11 is 0. The summed E-state index contributed by atoms with van der Waals surface area (Å²) in [6.07, 6.45) is 3.14. The number of hydrogen-bond acceptors (Lipinski definition) is 3. The van der Waals surface area contributed by atoms with Crippen LogP contribution in [0.4, 0.5) is 4.79 Å². The Bertz CT molecular complexity index is 654. The third-order valence-corrected chi connectivity index (χ3v) is 3.76. The molecule has 2 rings (SSSR count). The number of nitrogens with one attached hydrogen (secondary N) is 1. The van der Waals surface area contributed by atoms with E-state index in [0.29, 0.717) is 6.61 Å².